The molecule has 0 N–H and O–H groups in total. The highest BCUT2D eigenvalue weighted by Gasteiger charge is 2.28. The standard InChI is InChI=1S/C21H16ClN3OS/c22-18-10-8-15(9-11-18)12-23-24-21-25(20(26)14-27-21)13-17-6-3-5-16-4-1-2-7-19(16)17/h1-12H,13-14H2/b23-12-,24-21-. The lowest BCUT2D eigenvalue weighted by atomic mass is 10.0. The molecule has 0 aromatic heterocycles. The van der Waals surface area contributed by atoms with Gasteiger partial charge < -0.3 is 0 Å². The van der Waals surface area contributed by atoms with Crippen LogP contribution in [0.3, 0.4) is 0 Å². The average Bonchev–Trinajstić information content (AvgIpc) is 3.03. The minimum atomic E-state index is 0.0494. The summed E-state index contributed by atoms with van der Waals surface area (Å²) in [6.07, 6.45) is 1.66. The van der Waals surface area contributed by atoms with Crippen LogP contribution in [-0.2, 0) is 11.3 Å². The molecular weight excluding hydrogens is 378 g/mol. The van der Waals surface area contributed by atoms with E-state index in [1.165, 1.54) is 11.8 Å². The lowest BCUT2D eigenvalue weighted by Gasteiger charge is -2.16. The molecule has 0 radical (unpaired) electrons. The molecule has 0 spiro atoms. The first-order chi connectivity index (χ1) is 13.2. The number of benzene rings is 3. The lowest BCUT2D eigenvalue weighted by molar-refractivity contribution is -0.124. The number of hydrogen-bond donors (Lipinski definition) is 0. The molecular formula is C21H16ClN3OS. The van der Waals surface area contributed by atoms with Gasteiger partial charge in [0.1, 0.15) is 0 Å². The molecule has 6 heteroatoms. The van der Waals surface area contributed by atoms with E-state index >= 15 is 0 Å². The summed E-state index contributed by atoms with van der Waals surface area (Å²) in [5.74, 6) is 0.438. The number of amides is 1. The van der Waals surface area contributed by atoms with Gasteiger partial charge in [0.05, 0.1) is 18.5 Å². The van der Waals surface area contributed by atoms with E-state index in [9.17, 15) is 4.79 Å². The second-order valence-electron chi connectivity index (χ2n) is 6.09. The fraction of sp³-hybridized carbons (Fsp3) is 0.0952. The van der Waals surface area contributed by atoms with Crippen molar-refractivity contribution in [1.82, 2.24) is 4.90 Å². The van der Waals surface area contributed by atoms with Gasteiger partial charge in [0.2, 0.25) is 5.91 Å². The van der Waals surface area contributed by atoms with Crippen molar-refractivity contribution in [2.75, 3.05) is 5.75 Å². The fourth-order valence-corrected chi connectivity index (χ4v) is 3.88. The highest BCUT2D eigenvalue weighted by atomic mass is 35.5. The Bertz CT molecular complexity index is 1040. The van der Waals surface area contributed by atoms with Crippen LogP contribution in [0, 0.1) is 0 Å². The van der Waals surface area contributed by atoms with Crippen molar-refractivity contribution < 1.29 is 4.79 Å². The molecule has 0 saturated carbocycles. The zero-order chi connectivity index (χ0) is 18.6. The average molecular weight is 394 g/mol. The van der Waals surface area contributed by atoms with E-state index in [4.69, 9.17) is 11.6 Å². The molecule has 1 aliphatic heterocycles. The second-order valence-corrected chi connectivity index (χ2v) is 7.46. The minimum Gasteiger partial charge on any atom is -0.285 e. The molecule has 0 aliphatic carbocycles. The molecule has 3 aromatic carbocycles. The van der Waals surface area contributed by atoms with Crippen molar-refractivity contribution >= 4 is 51.4 Å². The summed E-state index contributed by atoms with van der Waals surface area (Å²) in [5.41, 5.74) is 2.00. The molecule has 4 rings (SSSR count). The van der Waals surface area contributed by atoms with E-state index in [-0.39, 0.29) is 5.91 Å². The van der Waals surface area contributed by atoms with Gasteiger partial charge in [0, 0.05) is 5.02 Å². The molecule has 3 aromatic rings. The number of thioether (sulfide) groups is 1. The van der Waals surface area contributed by atoms with Crippen LogP contribution in [0.25, 0.3) is 10.8 Å². The largest absolute Gasteiger partial charge is 0.285 e. The van der Waals surface area contributed by atoms with E-state index in [1.807, 2.05) is 36.4 Å². The number of carbonyl (C=O) groups excluding carboxylic acids is 1. The summed E-state index contributed by atoms with van der Waals surface area (Å²) in [5, 5.41) is 12.0. The predicted molar refractivity (Wildman–Crippen MR) is 113 cm³/mol. The van der Waals surface area contributed by atoms with Crippen LogP contribution in [0.1, 0.15) is 11.1 Å². The Hall–Kier alpha value is -2.63. The third-order valence-electron chi connectivity index (χ3n) is 4.29. The number of nitrogens with zero attached hydrogens (tertiary/aromatic N) is 3. The van der Waals surface area contributed by atoms with Crippen LogP contribution in [0.2, 0.25) is 5.02 Å². The van der Waals surface area contributed by atoms with Crippen molar-refractivity contribution in [3.05, 3.63) is 82.9 Å². The Morgan fingerprint density at radius 2 is 1.81 bits per heavy atom. The molecule has 1 heterocycles. The maximum Gasteiger partial charge on any atom is 0.239 e. The number of rotatable bonds is 4. The zero-order valence-corrected chi connectivity index (χ0v) is 16.0. The number of halogens is 1. The third kappa shape index (κ3) is 4.04. The number of hydrogen-bond acceptors (Lipinski definition) is 4. The van der Waals surface area contributed by atoms with Gasteiger partial charge in [0.25, 0.3) is 0 Å². The summed E-state index contributed by atoms with van der Waals surface area (Å²) in [7, 11) is 0. The maximum atomic E-state index is 12.4. The van der Waals surface area contributed by atoms with E-state index in [1.54, 1.807) is 23.2 Å². The highest BCUT2D eigenvalue weighted by Crippen LogP contribution is 2.25. The van der Waals surface area contributed by atoms with Gasteiger partial charge >= 0.3 is 0 Å². The summed E-state index contributed by atoms with van der Waals surface area (Å²) < 4.78 is 0. The molecule has 4 nitrogen and oxygen atoms in total. The Morgan fingerprint density at radius 3 is 2.67 bits per heavy atom. The first-order valence-corrected chi connectivity index (χ1v) is 9.83. The maximum absolute atomic E-state index is 12.4. The molecule has 0 unspecified atom stereocenters. The molecule has 0 atom stereocenters. The first-order valence-electron chi connectivity index (χ1n) is 8.47. The van der Waals surface area contributed by atoms with Crippen LogP contribution in [-0.4, -0.2) is 27.9 Å². The second kappa shape index (κ2) is 7.94. The molecule has 1 aliphatic rings. The summed E-state index contributed by atoms with van der Waals surface area (Å²) in [6.45, 7) is 0.489. The fourth-order valence-electron chi connectivity index (χ4n) is 2.92. The normalized spacial score (nSPS) is 16.1. The van der Waals surface area contributed by atoms with Gasteiger partial charge in [-0.15, -0.1) is 5.10 Å². The molecule has 1 amide bonds. The highest BCUT2D eigenvalue weighted by molar-refractivity contribution is 8.15. The molecule has 1 fully saturated rings. The Labute approximate surface area is 166 Å². The third-order valence-corrected chi connectivity index (χ3v) is 5.49. The zero-order valence-electron chi connectivity index (χ0n) is 14.4. The lowest BCUT2D eigenvalue weighted by Crippen LogP contribution is -2.28. The topological polar surface area (TPSA) is 45.0 Å². The van der Waals surface area contributed by atoms with Crippen LogP contribution < -0.4 is 0 Å². The van der Waals surface area contributed by atoms with Crippen molar-refractivity contribution in [3.8, 4) is 0 Å². The van der Waals surface area contributed by atoms with Gasteiger partial charge in [-0.2, -0.15) is 5.10 Å². The Kier molecular flexibility index (Phi) is 5.23. The summed E-state index contributed by atoms with van der Waals surface area (Å²) in [6, 6.07) is 21.7. The van der Waals surface area contributed by atoms with Crippen LogP contribution in [0.4, 0.5) is 0 Å². The molecule has 0 bridgehead atoms. The Morgan fingerprint density at radius 1 is 1.04 bits per heavy atom. The predicted octanol–water partition coefficient (Wildman–Crippen LogP) is 4.96. The SMILES string of the molecule is O=C1CS/C(=N\N=C/c2ccc(Cl)cc2)N1Cc1cccc2ccccc12. The van der Waals surface area contributed by atoms with Crippen LogP contribution >= 0.6 is 23.4 Å². The van der Waals surface area contributed by atoms with Gasteiger partial charge in [-0.05, 0) is 34.0 Å². The van der Waals surface area contributed by atoms with Gasteiger partial charge in [0.15, 0.2) is 5.17 Å². The van der Waals surface area contributed by atoms with E-state index < -0.39 is 0 Å². The van der Waals surface area contributed by atoms with Crippen molar-refractivity contribution in [1.29, 1.82) is 0 Å². The monoisotopic (exact) mass is 393 g/mol. The number of fused-ring (bicyclic) bond motifs is 1. The molecule has 1 saturated heterocycles. The van der Waals surface area contributed by atoms with Crippen molar-refractivity contribution in [2.45, 2.75) is 6.54 Å². The summed E-state index contributed by atoms with van der Waals surface area (Å²) >= 11 is 7.30. The van der Waals surface area contributed by atoms with Crippen molar-refractivity contribution in [3.63, 3.8) is 0 Å². The molecule has 134 valence electrons. The van der Waals surface area contributed by atoms with Gasteiger partial charge in [-0.1, -0.05) is 78.0 Å². The van der Waals surface area contributed by atoms with Crippen molar-refractivity contribution in [2.24, 2.45) is 10.2 Å². The minimum absolute atomic E-state index is 0.0494. The molecule has 27 heavy (non-hydrogen) atoms. The first kappa shape index (κ1) is 17.8. The van der Waals surface area contributed by atoms with E-state index in [0.717, 1.165) is 21.9 Å². The smallest absolute Gasteiger partial charge is 0.239 e. The van der Waals surface area contributed by atoms with E-state index in [2.05, 4.69) is 28.4 Å². The van der Waals surface area contributed by atoms with Crippen LogP contribution in [0.15, 0.2) is 76.9 Å². The van der Waals surface area contributed by atoms with Gasteiger partial charge in [-0.3, -0.25) is 9.69 Å². The van der Waals surface area contributed by atoms with Gasteiger partial charge in [-0.25, -0.2) is 0 Å². The van der Waals surface area contributed by atoms with E-state index in [0.29, 0.717) is 22.5 Å². The quantitative estimate of drug-likeness (QED) is 0.464. The van der Waals surface area contributed by atoms with Crippen LogP contribution in [0.5, 0.6) is 0 Å². The number of carbonyl (C=O) groups is 1. The Balaban J connectivity index is 1.57. The number of amidine groups is 1. The summed E-state index contributed by atoms with van der Waals surface area (Å²) in [4.78, 5) is 14.1.